The molecule has 0 aromatic heterocycles. The maximum Gasteiger partial charge on any atom is 0.261 e. The van der Waals surface area contributed by atoms with Crippen LogP contribution in [0.4, 0.5) is 0 Å². The van der Waals surface area contributed by atoms with Crippen LogP contribution in [0.2, 0.25) is 0 Å². The molecule has 4 nitrogen and oxygen atoms in total. The van der Waals surface area contributed by atoms with Crippen LogP contribution in [0.15, 0.2) is 24.3 Å². The van der Waals surface area contributed by atoms with Gasteiger partial charge in [0.1, 0.15) is 0 Å². The highest BCUT2D eigenvalue weighted by atomic mass is 16.2. The van der Waals surface area contributed by atoms with Crippen LogP contribution in [-0.2, 0) is 0 Å². The van der Waals surface area contributed by atoms with E-state index in [9.17, 15) is 9.59 Å². The number of carbonyl (C=O) groups is 2. The molecule has 0 N–H and O–H groups in total. The molecule has 108 valence electrons. The van der Waals surface area contributed by atoms with Crippen LogP contribution < -0.4 is 0 Å². The topological polar surface area (TPSA) is 37.4 Å². The Hall–Kier alpha value is -1.68. The predicted octanol–water partition coefficient (Wildman–Crippen LogP) is 2.16. The van der Waals surface area contributed by atoms with Crippen molar-refractivity contribution in [2.24, 2.45) is 0 Å². The molecular formula is C16H23N2O2+. The Bertz CT molecular complexity index is 478. The summed E-state index contributed by atoms with van der Waals surface area (Å²) in [7, 11) is 0. The van der Waals surface area contributed by atoms with Gasteiger partial charge in [0.05, 0.1) is 43.9 Å². The fourth-order valence-electron chi connectivity index (χ4n) is 2.90. The van der Waals surface area contributed by atoms with Crippen molar-refractivity contribution in [3.63, 3.8) is 0 Å². The number of rotatable bonds is 6. The highest BCUT2D eigenvalue weighted by Crippen LogP contribution is 2.22. The van der Waals surface area contributed by atoms with E-state index >= 15 is 0 Å². The van der Waals surface area contributed by atoms with E-state index in [-0.39, 0.29) is 11.8 Å². The molecule has 0 atom stereocenters. The van der Waals surface area contributed by atoms with E-state index in [1.165, 1.54) is 4.90 Å². The molecule has 0 aliphatic carbocycles. The zero-order chi connectivity index (χ0) is 14.8. The van der Waals surface area contributed by atoms with Gasteiger partial charge in [-0.05, 0) is 32.9 Å². The lowest BCUT2D eigenvalue weighted by Crippen LogP contribution is -2.52. The third kappa shape index (κ3) is 2.36. The average molecular weight is 275 g/mol. The monoisotopic (exact) mass is 275 g/mol. The van der Waals surface area contributed by atoms with E-state index < -0.39 is 0 Å². The largest absolute Gasteiger partial charge is 0.323 e. The SMILES string of the molecule is CC[N+](CC)(CC)CCN1C(=O)c2ccccc2C1=O. The number of amides is 2. The molecule has 0 saturated heterocycles. The van der Waals surface area contributed by atoms with Crippen LogP contribution in [-0.4, -0.2) is 53.9 Å². The average Bonchev–Trinajstić information content (AvgIpc) is 2.74. The van der Waals surface area contributed by atoms with Crippen molar-refractivity contribution in [1.82, 2.24) is 4.90 Å². The minimum absolute atomic E-state index is 0.146. The van der Waals surface area contributed by atoms with Gasteiger partial charge < -0.3 is 4.48 Å². The summed E-state index contributed by atoms with van der Waals surface area (Å²) in [5, 5.41) is 0. The first-order chi connectivity index (χ1) is 9.58. The first-order valence-corrected chi connectivity index (χ1v) is 7.39. The van der Waals surface area contributed by atoms with Gasteiger partial charge in [-0.2, -0.15) is 0 Å². The van der Waals surface area contributed by atoms with Crippen molar-refractivity contribution in [1.29, 1.82) is 0 Å². The first kappa shape index (κ1) is 14.7. The molecule has 1 aromatic rings. The lowest BCUT2D eigenvalue weighted by atomic mass is 10.1. The Morgan fingerprint density at radius 3 is 1.75 bits per heavy atom. The second-order valence-corrected chi connectivity index (χ2v) is 5.32. The van der Waals surface area contributed by atoms with Gasteiger partial charge in [0.25, 0.3) is 11.8 Å². The minimum Gasteiger partial charge on any atom is -0.323 e. The van der Waals surface area contributed by atoms with Crippen LogP contribution in [0.3, 0.4) is 0 Å². The lowest BCUT2D eigenvalue weighted by molar-refractivity contribution is -0.922. The summed E-state index contributed by atoms with van der Waals surface area (Å²) in [4.78, 5) is 26.0. The number of fused-ring (bicyclic) bond motifs is 1. The molecule has 2 rings (SSSR count). The van der Waals surface area contributed by atoms with Gasteiger partial charge in [-0.1, -0.05) is 12.1 Å². The molecular weight excluding hydrogens is 252 g/mol. The number of likely N-dealkylation sites (N-methyl/N-ethyl adjacent to an activating group) is 1. The minimum atomic E-state index is -0.146. The Morgan fingerprint density at radius 1 is 0.900 bits per heavy atom. The fraction of sp³-hybridized carbons (Fsp3) is 0.500. The molecule has 0 radical (unpaired) electrons. The van der Waals surface area contributed by atoms with Gasteiger partial charge in [0.2, 0.25) is 0 Å². The predicted molar refractivity (Wildman–Crippen MR) is 78.6 cm³/mol. The summed E-state index contributed by atoms with van der Waals surface area (Å²) in [5.74, 6) is -0.293. The number of imide groups is 1. The first-order valence-electron chi connectivity index (χ1n) is 7.39. The van der Waals surface area contributed by atoms with E-state index in [4.69, 9.17) is 0 Å². The van der Waals surface area contributed by atoms with Crippen molar-refractivity contribution >= 4 is 11.8 Å². The summed E-state index contributed by atoms with van der Waals surface area (Å²) >= 11 is 0. The van der Waals surface area contributed by atoms with Crippen molar-refractivity contribution in [3.05, 3.63) is 35.4 Å². The number of benzene rings is 1. The summed E-state index contributed by atoms with van der Waals surface area (Å²) in [6, 6.07) is 7.07. The standard InChI is InChI=1S/C16H23N2O2/c1-4-18(5-2,6-3)12-11-17-15(19)13-9-7-8-10-14(13)16(17)20/h7-10H,4-6,11-12H2,1-3H3/q+1. The molecule has 2 amide bonds. The highest BCUT2D eigenvalue weighted by Gasteiger charge is 2.36. The normalized spacial score (nSPS) is 14.8. The number of hydrogen-bond acceptors (Lipinski definition) is 2. The van der Waals surface area contributed by atoms with E-state index in [2.05, 4.69) is 20.8 Å². The van der Waals surface area contributed by atoms with E-state index in [0.717, 1.165) is 30.7 Å². The summed E-state index contributed by atoms with van der Waals surface area (Å²) in [5.41, 5.74) is 1.08. The Kier molecular flexibility index (Phi) is 4.23. The molecule has 0 fully saturated rings. The third-order valence-corrected chi connectivity index (χ3v) is 4.69. The molecule has 1 aliphatic rings. The fourth-order valence-corrected chi connectivity index (χ4v) is 2.90. The lowest BCUT2D eigenvalue weighted by Gasteiger charge is -2.36. The smallest absolute Gasteiger partial charge is 0.261 e. The van der Waals surface area contributed by atoms with Crippen molar-refractivity contribution in [2.45, 2.75) is 20.8 Å². The molecule has 0 saturated carbocycles. The van der Waals surface area contributed by atoms with E-state index in [1.807, 2.05) is 0 Å². The molecule has 1 heterocycles. The van der Waals surface area contributed by atoms with Gasteiger partial charge >= 0.3 is 0 Å². The quantitative estimate of drug-likeness (QED) is 0.589. The van der Waals surface area contributed by atoms with Crippen LogP contribution in [0.1, 0.15) is 41.5 Å². The molecule has 0 unspecified atom stereocenters. The maximum atomic E-state index is 12.3. The van der Waals surface area contributed by atoms with Crippen LogP contribution in [0, 0.1) is 0 Å². The van der Waals surface area contributed by atoms with Crippen molar-refractivity contribution < 1.29 is 14.1 Å². The zero-order valence-electron chi connectivity index (χ0n) is 12.6. The number of hydrogen-bond donors (Lipinski definition) is 0. The van der Waals surface area contributed by atoms with E-state index in [0.29, 0.717) is 17.7 Å². The Balaban J connectivity index is 2.13. The van der Waals surface area contributed by atoms with Gasteiger partial charge in [0, 0.05) is 0 Å². The maximum absolute atomic E-state index is 12.3. The van der Waals surface area contributed by atoms with Crippen molar-refractivity contribution in [2.75, 3.05) is 32.7 Å². The summed E-state index contributed by atoms with van der Waals surface area (Å²) < 4.78 is 0.938. The highest BCUT2D eigenvalue weighted by molar-refractivity contribution is 6.21. The second kappa shape index (κ2) is 5.75. The number of quaternary nitrogens is 1. The molecule has 0 spiro atoms. The van der Waals surface area contributed by atoms with Gasteiger partial charge in [0.15, 0.2) is 0 Å². The third-order valence-electron chi connectivity index (χ3n) is 4.69. The van der Waals surface area contributed by atoms with Crippen LogP contribution in [0.5, 0.6) is 0 Å². The van der Waals surface area contributed by atoms with Gasteiger partial charge in [-0.25, -0.2) is 0 Å². The molecule has 4 heteroatoms. The van der Waals surface area contributed by atoms with E-state index in [1.54, 1.807) is 24.3 Å². The molecule has 1 aliphatic heterocycles. The molecule has 1 aromatic carbocycles. The second-order valence-electron chi connectivity index (χ2n) is 5.32. The number of carbonyl (C=O) groups excluding carboxylic acids is 2. The summed E-state index contributed by atoms with van der Waals surface area (Å²) in [6.45, 7) is 10.9. The van der Waals surface area contributed by atoms with Crippen LogP contribution in [0.25, 0.3) is 0 Å². The molecule has 0 bridgehead atoms. The van der Waals surface area contributed by atoms with Crippen LogP contribution >= 0.6 is 0 Å². The van der Waals surface area contributed by atoms with Gasteiger partial charge in [-0.3, -0.25) is 14.5 Å². The number of nitrogens with zero attached hydrogens (tertiary/aromatic N) is 2. The molecule has 20 heavy (non-hydrogen) atoms. The van der Waals surface area contributed by atoms with Crippen molar-refractivity contribution in [3.8, 4) is 0 Å². The Labute approximate surface area is 120 Å². The summed E-state index contributed by atoms with van der Waals surface area (Å²) in [6.07, 6.45) is 0. The zero-order valence-corrected chi connectivity index (χ0v) is 12.6. The Morgan fingerprint density at radius 2 is 1.35 bits per heavy atom. The van der Waals surface area contributed by atoms with Gasteiger partial charge in [-0.15, -0.1) is 0 Å².